The Morgan fingerprint density at radius 2 is 1.88 bits per heavy atom. The van der Waals surface area contributed by atoms with Crippen molar-refractivity contribution in [1.82, 2.24) is 25.1 Å². The topological polar surface area (TPSA) is 124 Å². The van der Waals surface area contributed by atoms with Crippen LogP contribution in [0.1, 0.15) is 24.2 Å². The van der Waals surface area contributed by atoms with Crippen LogP contribution in [0.4, 0.5) is 0 Å². The van der Waals surface area contributed by atoms with Gasteiger partial charge in [0.1, 0.15) is 0 Å². The maximum atomic E-state index is 12.6. The molecule has 1 aliphatic heterocycles. The first-order chi connectivity index (χ1) is 12.3. The molecule has 1 fully saturated rings. The molecule has 2 heterocycles. The zero-order valence-electron chi connectivity index (χ0n) is 14.6. The number of primary amides is 1. The Morgan fingerprint density at radius 3 is 2.50 bits per heavy atom. The van der Waals surface area contributed by atoms with Crippen LogP contribution in [0.2, 0.25) is 0 Å². The molecule has 1 aromatic carbocycles. The number of nitrogens with two attached hydrogens (primary N) is 1. The van der Waals surface area contributed by atoms with E-state index in [0.717, 1.165) is 5.56 Å². The zero-order valence-corrected chi connectivity index (χ0v) is 15.4. The number of tetrazole rings is 1. The van der Waals surface area contributed by atoms with E-state index in [-0.39, 0.29) is 22.6 Å². The Bertz CT molecular complexity index is 870. The van der Waals surface area contributed by atoms with Crippen LogP contribution in [-0.2, 0) is 27.1 Å². The van der Waals surface area contributed by atoms with Gasteiger partial charge >= 0.3 is 0 Å². The maximum Gasteiger partial charge on any atom is 0.220 e. The summed E-state index contributed by atoms with van der Waals surface area (Å²) in [6.07, 6.45) is 1.39. The Hall–Kier alpha value is -2.33. The molecule has 3 rings (SSSR count). The molecule has 0 radical (unpaired) electrons. The number of aryl methyl sites for hydroxylation is 1. The summed E-state index contributed by atoms with van der Waals surface area (Å²) in [5.41, 5.74) is 6.34. The number of benzene rings is 1. The predicted octanol–water partition coefficient (Wildman–Crippen LogP) is 0.110. The molecule has 1 aliphatic rings. The number of carbonyl (C=O) groups excluding carboxylic acids is 1. The standard InChI is InChI=1S/C16H22N6O3S/c1-12-2-4-14(5-3-12)26(24,25)11-22-15(18-19-20-22)10-21-8-6-13(7-9-21)16(17)23/h2-5,13H,6-11H2,1H3,(H2,17,23). The predicted molar refractivity (Wildman–Crippen MR) is 93.4 cm³/mol. The van der Waals surface area contributed by atoms with E-state index in [4.69, 9.17) is 5.73 Å². The molecule has 0 spiro atoms. The van der Waals surface area contributed by atoms with Gasteiger partial charge in [0.05, 0.1) is 11.4 Å². The van der Waals surface area contributed by atoms with Gasteiger partial charge < -0.3 is 5.73 Å². The van der Waals surface area contributed by atoms with Crippen LogP contribution in [0.5, 0.6) is 0 Å². The minimum Gasteiger partial charge on any atom is -0.369 e. The van der Waals surface area contributed by atoms with E-state index in [1.165, 1.54) is 4.68 Å². The summed E-state index contributed by atoms with van der Waals surface area (Å²) in [5, 5.41) is 11.4. The Labute approximate surface area is 152 Å². The third-order valence-corrected chi connectivity index (χ3v) is 6.21. The molecular formula is C16H22N6O3S. The highest BCUT2D eigenvalue weighted by atomic mass is 32.2. The Balaban J connectivity index is 1.67. The number of likely N-dealkylation sites (tertiary alicyclic amines) is 1. The lowest BCUT2D eigenvalue weighted by Crippen LogP contribution is -2.38. The SMILES string of the molecule is Cc1ccc(S(=O)(=O)Cn2nnnc2CN2CCC(C(N)=O)CC2)cc1. The second-order valence-electron chi connectivity index (χ2n) is 6.60. The van der Waals surface area contributed by atoms with Crippen molar-refractivity contribution in [3.63, 3.8) is 0 Å². The first kappa shape index (κ1) is 18.5. The smallest absolute Gasteiger partial charge is 0.220 e. The molecule has 26 heavy (non-hydrogen) atoms. The Kier molecular flexibility index (Phi) is 5.33. The van der Waals surface area contributed by atoms with Gasteiger partial charge in [-0.25, -0.2) is 13.1 Å². The fraction of sp³-hybridized carbons (Fsp3) is 0.500. The number of rotatable bonds is 6. The van der Waals surface area contributed by atoms with Crippen molar-refractivity contribution in [2.45, 2.75) is 37.1 Å². The van der Waals surface area contributed by atoms with E-state index >= 15 is 0 Å². The average Bonchev–Trinajstić information content (AvgIpc) is 3.02. The van der Waals surface area contributed by atoms with Crippen LogP contribution < -0.4 is 5.73 Å². The van der Waals surface area contributed by atoms with Crippen molar-refractivity contribution in [2.75, 3.05) is 13.1 Å². The molecule has 1 saturated heterocycles. The molecule has 10 heteroatoms. The summed E-state index contributed by atoms with van der Waals surface area (Å²) in [7, 11) is -3.54. The zero-order chi connectivity index (χ0) is 18.7. The number of carbonyl (C=O) groups is 1. The molecule has 1 aromatic heterocycles. The van der Waals surface area contributed by atoms with Gasteiger partial charge in [-0.05, 0) is 55.4 Å². The molecule has 2 aromatic rings. The molecule has 0 aliphatic carbocycles. The van der Waals surface area contributed by atoms with Gasteiger partial charge in [0, 0.05) is 5.92 Å². The van der Waals surface area contributed by atoms with E-state index < -0.39 is 9.84 Å². The van der Waals surface area contributed by atoms with E-state index in [2.05, 4.69) is 20.4 Å². The molecule has 140 valence electrons. The number of nitrogens with zero attached hydrogens (tertiary/aromatic N) is 5. The normalized spacial score (nSPS) is 16.7. The van der Waals surface area contributed by atoms with E-state index in [1.807, 2.05) is 6.92 Å². The number of amides is 1. The Morgan fingerprint density at radius 1 is 1.23 bits per heavy atom. The van der Waals surface area contributed by atoms with Gasteiger partial charge in [0.2, 0.25) is 5.91 Å². The summed E-state index contributed by atoms with van der Waals surface area (Å²) >= 11 is 0. The molecule has 0 atom stereocenters. The first-order valence-corrected chi connectivity index (χ1v) is 10.1. The molecule has 1 amide bonds. The van der Waals surface area contributed by atoms with E-state index in [0.29, 0.717) is 38.3 Å². The fourth-order valence-corrected chi connectivity index (χ4v) is 4.22. The van der Waals surface area contributed by atoms with Crippen molar-refractivity contribution < 1.29 is 13.2 Å². The summed E-state index contributed by atoms with van der Waals surface area (Å²) in [5.74, 6) is -0.183. The monoisotopic (exact) mass is 378 g/mol. The average molecular weight is 378 g/mol. The van der Waals surface area contributed by atoms with Gasteiger partial charge in [-0.15, -0.1) is 5.10 Å². The number of aromatic nitrogens is 4. The van der Waals surface area contributed by atoms with Crippen LogP contribution in [0.25, 0.3) is 0 Å². The van der Waals surface area contributed by atoms with Crippen LogP contribution in [-0.4, -0.2) is 52.5 Å². The minimum atomic E-state index is -3.54. The van der Waals surface area contributed by atoms with Crippen molar-refractivity contribution in [3.8, 4) is 0 Å². The quantitative estimate of drug-likeness (QED) is 0.756. The first-order valence-electron chi connectivity index (χ1n) is 8.41. The van der Waals surface area contributed by atoms with Gasteiger partial charge in [-0.1, -0.05) is 17.7 Å². The van der Waals surface area contributed by atoms with Gasteiger partial charge in [-0.3, -0.25) is 9.69 Å². The lowest BCUT2D eigenvalue weighted by Gasteiger charge is -2.29. The molecule has 0 saturated carbocycles. The van der Waals surface area contributed by atoms with Crippen molar-refractivity contribution >= 4 is 15.7 Å². The van der Waals surface area contributed by atoms with Crippen LogP contribution >= 0.6 is 0 Å². The second kappa shape index (κ2) is 7.50. The van der Waals surface area contributed by atoms with Crippen molar-refractivity contribution in [1.29, 1.82) is 0 Å². The van der Waals surface area contributed by atoms with Crippen molar-refractivity contribution in [3.05, 3.63) is 35.7 Å². The molecule has 9 nitrogen and oxygen atoms in total. The summed E-state index contributed by atoms with van der Waals surface area (Å²) < 4.78 is 26.5. The van der Waals surface area contributed by atoms with Gasteiger partial charge in [-0.2, -0.15) is 0 Å². The maximum absolute atomic E-state index is 12.6. The number of sulfone groups is 1. The van der Waals surface area contributed by atoms with Gasteiger partial charge in [0.25, 0.3) is 0 Å². The minimum absolute atomic E-state index is 0.0934. The summed E-state index contributed by atoms with van der Waals surface area (Å²) in [4.78, 5) is 13.6. The van der Waals surface area contributed by atoms with Gasteiger partial charge in [0.15, 0.2) is 21.5 Å². The van der Waals surface area contributed by atoms with Crippen LogP contribution in [0.3, 0.4) is 0 Å². The highest BCUT2D eigenvalue weighted by molar-refractivity contribution is 7.90. The van der Waals surface area contributed by atoms with E-state index in [1.54, 1.807) is 24.3 Å². The number of piperidine rings is 1. The molecule has 2 N–H and O–H groups in total. The lowest BCUT2D eigenvalue weighted by atomic mass is 9.96. The highest BCUT2D eigenvalue weighted by Gasteiger charge is 2.25. The number of hydrogen-bond donors (Lipinski definition) is 1. The second-order valence-corrected chi connectivity index (χ2v) is 8.56. The van der Waals surface area contributed by atoms with Crippen LogP contribution in [0.15, 0.2) is 29.2 Å². The fourth-order valence-electron chi connectivity index (χ4n) is 2.99. The third kappa shape index (κ3) is 4.25. The van der Waals surface area contributed by atoms with Crippen LogP contribution in [0, 0.1) is 12.8 Å². The molecular weight excluding hydrogens is 356 g/mol. The number of hydrogen-bond acceptors (Lipinski definition) is 7. The summed E-state index contributed by atoms with van der Waals surface area (Å²) in [6, 6.07) is 6.69. The summed E-state index contributed by atoms with van der Waals surface area (Å²) in [6.45, 7) is 3.73. The largest absolute Gasteiger partial charge is 0.369 e. The lowest BCUT2D eigenvalue weighted by molar-refractivity contribution is -0.123. The molecule has 0 unspecified atom stereocenters. The van der Waals surface area contributed by atoms with E-state index in [9.17, 15) is 13.2 Å². The third-order valence-electron chi connectivity index (χ3n) is 4.63. The highest BCUT2D eigenvalue weighted by Crippen LogP contribution is 2.19. The van der Waals surface area contributed by atoms with Crippen molar-refractivity contribution in [2.24, 2.45) is 11.7 Å². The molecule has 0 bridgehead atoms.